The average Bonchev–Trinajstić information content (AvgIpc) is 3.22. The van der Waals surface area contributed by atoms with Gasteiger partial charge >= 0.3 is 5.97 Å². The van der Waals surface area contributed by atoms with Gasteiger partial charge in [0.05, 0.1) is 13.1 Å². The second-order valence-electron chi connectivity index (χ2n) is 15.0. The number of thiol groups is 2. The van der Waals surface area contributed by atoms with Crippen molar-refractivity contribution in [1.82, 2.24) is 20.4 Å². The van der Waals surface area contributed by atoms with Crippen molar-refractivity contribution >= 4 is 63.1 Å². The van der Waals surface area contributed by atoms with E-state index >= 15 is 0 Å². The van der Waals surface area contributed by atoms with Crippen LogP contribution in [-0.2, 0) is 37.3 Å². The van der Waals surface area contributed by atoms with Gasteiger partial charge in [0, 0.05) is 74.9 Å². The molecule has 0 aliphatic heterocycles. The van der Waals surface area contributed by atoms with Crippen LogP contribution in [0.25, 0.3) is 0 Å². The Bertz CT molecular complexity index is 1450. The molecule has 0 aliphatic carbocycles. The molecule has 13 nitrogen and oxygen atoms in total. The van der Waals surface area contributed by atoms with Crippen molar-refractivity contribution in [1.29, 1.82) is 0 Å². The molecule has 0 amide bonds. The number of aliphatic carboxylic acids is 1. The summed E-state index contributed by atoms with van der Waals surface area (Å²) < 4.78 is 27.3. The lowest BCUT2D eigenvalue weighted by atomic mass is 9.98. The maximum atomic E-state index is 13.6. The predicted molar refractivity (Wildman–Crippen MR) is 247 cm³/mol. The third-order valence-corrected chi connectivity index (χ3v) is 13.1. The fourth-order valence-electron chi connectivity index (χ4n) is 5.83. The first-order chi connectivity index (χ1) is 27.5. The lowest BCUT2D eigenvalue weighted by Crippen LogP contribution is -2.51. The standard InChI is InChI=1S/C36H60N6O4S3.C5H11NO2S/c1-5-27(3)33(39-17-31(37)25-47)21-41(19-29-13-9-7-10-14-29)23-35(43)49(45,46)36(44)24-42(20-30-15-11-8-12-16-30)22-34(28(4)6-2)40-18-32(38)26-48;1-9-3-2-4(6)5(7)8/h7-16,27-28,31-34,39-40,47-48H,5-6,17-26,37-38H2,1-4H3;4H,2-3,6H2,1H3,(H,7,8)/t27?,28?,31-,32-,33?,34?;4-/m00/s1. The van der Waals surface area contributed by atoms with Crippen LogP contribution in [0.15, 0.2) is 60.7 Å². The average molecular weight is 886 g/mol. The summed E-state index contributed by atoms with van der Waals surface area (Å²) in [5.74, 6) is 1.38. The van der Waals surface area contributed by atoms with E-state index in [0.29, 0.717) is 57.2 Å². The second kappa shape index (κ2) is 30.1. The molecule has 0 heterocycles. The van der Waals surface area contributed by atoms with E-state index in [-0.39, 0.29) is 36.0 Å². The molecule has 0 bridgehead atoms. The summed E-state index contributed by atoms with van der Waals surface area (Å²) in [6.45, 7) is 10.1. The molecule has 0 saturated heterocycles. The molecule has 4 unspecified atom stereocenters. The maximum absolute atomic E-state index is 13.6. The first kappa shape index (κ1) is 54.0. The highest BCUT2D eigenvalue weighted by molar-refractivity contribution is 8.18. The fraction of sp³-hybridized carbons (Fsp3) is 0.634. The number of nitrogens with one attached hydrogen (secondary N) is 2. The highest BCUT2D eigenvalue weighted by Gasteiger charge is 2.35. The number of carboxylic acid groups (broad SMARTS) is 1. The van der Waals surface area contributed by atoms with Crippen molar-refractivity contribution in [3.8, 4) is 0 Å². The molecule has 2 aromatic carbocycles. The Morgan fingerprint density at radius 2 is 1.12 bits per heavy atom. The second-order valence-corrected chi connectivity index (χ2v) is 18.6. The van der Waals surface area contributed by atoms with Crippen molar-refractivity contribution in [2.24, 2.45) is 29.0 Å². The largest absolute Gasteiger partial charge is 0.480 e. The molecule has 58 heavy (non-hydrogen) atoms. The molecule has 2 aromatic rings. The van der Waals surface area contributed by atoms with Crippen molar-refractivity contribution in [2.75, 3.05) is 62.8 Å². The molecular formula is C41H71N7O6S4. The van der Waals surface area contributed by atoms with E-state index < -0.39 is 45.2 Å². The van der Waals surface area contributed by atoms with E-state index in [1.807, 2.05) is 76.7 Å². The van der Waals surface area contributed by atoms with E-state index in [1.165, 1.54) is 0 Å². The van der Waals surface area contributed by atoms with Gasteiger partial charge in [0.25, 0.3) is 20.1 Å². The highest BCUT2D eigenvalue weighted by atomic mass is 32.2. The molecule has 7 atom stereocenters. The summed E-state index contributed by atoms with van der Waals surface area (Å²) in [5, 5.41) is 13.1. The van der Waals surface area contributed by atoms with Crippen LogP contribution in [0.4, 0.5) is 0 Å². The fourth-order valence-corrected chi connectivity index (χ4v) is 7.54. The zero-order valence-electron chi connectivity index (χ0n) is 35.0. The quantitative estimate of drug-likeness (QED) is 0.0578. The third-order valence-electron chi connectivity index (χ3n) is 10.1. The normalized spacial score (nSPS) is 15.4. The monoisotopic (exact) mass is 885 g/mol. The number of nitrogens with two attached hydrogens (primary N) is 3. The Labute approximate surface area is 363 Å². The van der Waals surface area contributed by atoms with Crippen molar-refractivity contribution in [3.05, 3.63) is 71.8 Å². The number of hydrogen-bond acceptors (Lipinski definition) is 15. The summed E-state index contributed by atoms with van der Waals surface area (Å²) in [6.07, 6.45) is 4.23. The molecule has 0 saturated carbocycles. The first-order valence-electron chi connectivity index (χ1n) is 20.0. The number of carboxylic acids is 1. The maximum Gasteiger partial charge on any atom is 0.320 e. The summed E-state index contributed by atoms with van der Waals surface area (Å²) in [7, 11) is -4.76. The van der Waals surface area contributed by atoms with Gasteiger partial charge < -0.3 is 32.9 Å². The molecule has 0 aromatic heterocycles. The summed E-state index contributed by atoms with van der Waals surface area (Å²) in [5.41, 5.74) is 19.3. The molecule has 0 aliphatic rings. The Morgan fingerprint density at radius 3 is 1.43 bits per heavy atom. The smallest absolute Gasteiger partial charge is 0.320 e. The lowest BCUT2D eigenvalue weighted by Gasteiger charge is -2.32. The number of hydrogen-bond donors (Lipinski definition) is 8. The van der Waals surface area contributed by atoms with Gasteiger partial charge in [-0.1, -0.05) is 101 Å². The van der Waals surface area contributed by atoms with E-state index in [4.69, 9.17) is 22.3 Å². The zero-order valence-corrected chi connectivity index (χ0v) is 38.5. The molecule has 330 valence electrons. The highest BCUT2D eigenvalue weighted by Crippen LogP contribution is 2.16. The van der Waals surface area contributed by atoms with E-state index in [9.17, 15) is 22.8 Å². The van der Waals surface area contributed by atoms with Gasteiger partial charge in [0.1, 0.15) is 6.04 Å². The van der Waals surface area contributed by atoms with Crippen LogP contribution in [0.1, 0.15) is 58.1 Å². The van der Waals surface area contributed by atoms with Gasteiger partial charge in [-0.3, -0.25) is 24.2 Å². The minimum atomic E-state index is -4.76. The number of nitrogens with zero attached hydrogens (tertiary/aromatic N) is 2. The Hall–Kier alpha value is -2.03. The van der Waals surface area contributed by atoms with Crippen LogP contribution in [0.3, 0.4) is 0 Å². The van der Waals surface area contributed by atoms with Gasteiger partial charge in [0.2, 0.25) is 0 Å². The molecule has 9 N–H and O–H groups in total. The molecule has 2 rings (SSSR count). The number of rotatable bonds is 28. The van der Waals surface area contributed by atoms with E-state index in [0.717, 1.165) is 29.7 Å². The van der Waals surface area contributed by atoms with Gasteiger partial charge in [-0.05, 0) is 41.4 Å². The van der Waals surface area contributed by atoms with Crippen LogP contribution in [0.5, 0.6) is 0 Å². The Kier molecular flexibility index (Phi) is 28.0. The van der Waals surface area contributed by atoms with Gasteiger partial charge in [-0.25, -0.2) is 8.42 Å². The third kappa shape index (κ3) is 21.5. The number of thioether (sulfide) groups is 1. The predicted octanol–water partition coefficient (Wildman–Crippen LogP) is 3.13. The molecule has 17 heteroatoms. The molecule has 0 fully saturated rings. The van der Waals surface area contributed by atoms with Gasteiger partial charge in [-0.2, -0.15) is 37.0 Å². The Morgan fingerprint density at radius 1 is 0.741 bits per heavy atom. The summed E-state index contributed by atoms with van der Waals surface area (Å²) >= 11 is 10.2. The zero-order chi connectivity index (χ0) is 43.7. The van der Waals surface area contributed by atoms with Crippen LogP contribution in [0.2, 0.25) is 0 Å². The molecule has 0 radical (unpaired) electrons. The van der Waals surface area contributed by atoms with Crippen LogP contribution >= 0.6 is 37.0 Å². The number of sulfone groups is 1. The number of benzene rings is 2. The number of carbonyl (C=O) groups is 3. The van der Waals surface area contributed by atoms with Crippen LogP contribution < -0.4 is 27.8 Å². The van der Waals surface area contributed by atoms with Crippen LogP contribution in [0, 0.1) is 11.8 Å². The minimum Gasteiger partial charge on any atom is -0.480 e. The van der Waals surface area contributed by atoms with Crippen molar-refractivity contribution < 1.29 is 27.9 Å². The van der Waals surface area contributed by atoms with Crippen molar-refractivity contribution in [3.63, 3.8) is 0 Å². The topological polar surface area (TPSA) is 214 Å². The van der Waals surface area contributed by atoms with E-state index in [1.54, 1.807) is 11.8 Å². The molecular weight excluding hydrogens is 815 g/mol. The van der Waals surface area contributed by atoms with Crippen molar-refractivity contribution in [2.45, 2.75) is 90.3 Å². The SMILES string of the molecule is CCC(C)C(CN(CC(=O)S(=O)(=O)C(=O)CN(Cc1ccccc1)CC(NC[C@H](N)CS)C(C)CC)Cc1ccccc1)NC[C@H](N)CS.CSCC[C@H](N)C(=O)O. The summed E-state index contributed by atoms with van der Waals surface area (Å²) in [6, 6.07) is 18.1. The minimum absolute atomic E-state index is 0.0622. The summed E-state index contributed by atoms with van der Waals surface area (Å²) in [4.78, 5) is 40.9. The Balaban J connectivity index is 0.00000166. The lowest BCUT2D eigenvalue weighted by molar-refractivity contribution is -0.138. The molecule has 0 spiro atoms. The van der Waals surface area contributed by atoms with Gasteiger partial charge in [-0.15, -0.1) is 0 Å². The van der Waals surface area contributed by atoms with Crippen LogP contribution in [-0.4, -0.2) is 133 Å². The van der Waals surface area contributed by atoms with Gasteiger partial charge in [0.15, 0.2) is 0 Å². The number of carbonyl (C=O) groups excluding carboxylic acids is 2. The first-order valence-corrected chi connectivity index (χ1v) is 24.2. The van der Waals surface area contributed by atoms with E-state index in [2.05, 4.69) is 63.6 Å².